The highest BCUT2D eigenvalue weighted by molar-refractivity contribution is 5.17. The average molecular weight is 176 g/mol. The molecule has 0 spiro atoms. The number of nitrogens with zero attached hydrogens (tertiary/aromatic N) is 4. The highest BCUT2D eigenvalue weighted by atomic mass is 15.4. The van der Waals surface area contributed by atoms with E-state index in [9.17, 15) is 0 Å². The van der Waals surface area contributed by atoms with Gasteiger partial charge in [0.1, 0.15) is 0 Å². The minimum Gasteiger partial charge on any atom is -0.249 e. The summed E-state index contributed by atoms with van der Waals surface area (Å²) in [6, 6.07) is 2.30. The Bertz CT molecular complexity index is 347. The molecule has 1 heterocycles. The molecule has 13 heavy (non-hydrogen) atoms. The maximum atomic E-state index is 8.78. The van der Waals surface area contributed by atoms with Crippen molar-refractivity contribution in [2.75, 3.05) is 0 Å². The molecule has 1 unspecified atom stereocenters. The Hall–Kier alpha value is -1.37. The lowest BCUT2D eigenvalue weighted by Crippen LogP contribution is -2.15. The molecule has 1 aliphatic rings. The molecule has 0 amide bonds. The normalized spacial score (nSPS) is 20.8. The molecule has 4 nitrogen and oxygen atoms in total. The van der Waals surface area contributed by atoms with Gasteiger partial charge >= 0.3 is 0 Å². The topological polar surface area (TPSA) is 54.5 Å². The van der Waals surface area contributed by atoms with E-state index in [4.69, 9.17) is 5.26 Å². The van der Waals surface area contributed by atoms with Gasteiger partial charge in [-0.05, 0) is 19.8 Å². The van der Waals surface area contributed by atoms with Crippen LogP contribution in [0.4, 0.5) is 0 Å². The van der Waals surface area contributed by atoms with Crippen LogP contribution in [0.5, 0.6) is 0 Å². The fraction of sp³-hybridized carbons (Fsp3) is 0.667. The maximum Gasteiger partial charge on any atom is 0.0872 e. The van der Waals surface area contributed by atoms with Crippen molar-refractivity contribution in [2.24, 2.45) is 5.92 Å². The summed E-state index contributed by atoms with van der Waals surface area (Å²) in [5.41, 5.74) is 2.26. The standard InChI is InChI=1S/C9H12N4/c1-2-13-9-4-3-7(6-10)5-8(9)11-12-13/h7H,2-5H2,1H3. The van der Waals surface area contributed by atoms with E-state index in [-0.39, 0.29) is 5.92 Å². The van der Waals surface area contributed by atoms with Crippen LogP contribution < -0.4 is 0 Å². The first kappa shape index (κ1) is 8.24. The van der Waals surface area contributed by atoms with Crippen LogP contribution in [0.3, 0.4) is 0 Å². The monoisotopic (exact) mass is 176 g/mol. The predicted octanol–water partition coefficient (Wildman–Crippen LogP) is 0.926. The van der Waals surface area contributed by atoms with Crippen molar-refractivity contribution in [2.45, 2.75) is 32.7 Å². The molecule has 1 aromatic rings. The highest BCUT2D eigenvalue weighted by Gasteiger charge is 2.22. The van der Waals surface area contributed by atoms with Crippen LogP contribution in [0, 0.1) is 17.2 Å². The zero-order valence-electron chi connectivity index (χ0n) is 7.69. The molecular weight excluding hydrogens is 164 g/mol. The molecule has 2 rings (SSSR count). The minimum absolute atomic E-state index is 0.148. The molecule has 0 N–H and O–H groups in total. The molecule has 1 aromatic heterocycles. The van der Waals surface area contributed by atoms with Crippen molar-refractivity contribution < 1.29 is 0 Å². The predicted molar refractivity (Wildman–Crippen MR) is 46.8 cm³/mol. The van der Waals surface area contributed by atoms with Gasteiger partial charge in [-0.2, -0.15) is 5.26 Å². The largest absolute Gasteiger partial charge is 0.249 e. The fourth-order valence-corrected chi connectivity index (χ4v) is 1.81. The van der Waals surface area contributed by atoms with Crippen molar-refractivity contribution in [3.63, 3.8) is 0 Å². The second kappa shape index (κ2) is 3.17. The number of aromatic nitrogens is 3. The van der Waals surface area contributed by atoms with Crippen molar-refractivity contribution in [1.29, 1.82) is 5.26 Å². The van der Waals surface area contributed by atoms with E-state index in [1.165, 1.54) is 5.69 Å². The van der Waals surface area contributed by atoms with E-state index in [0.717, 1.165) is 31.5 Å². The molecular formula is C9H12N4. The number of nitriles is 1. The second-order valence-electron chi connectivity index (χ2n) is 3.37. The van der Waals surface area contributed by atoms with Gasteiger partial charge in [0.15, 0.2) is 0 Å². The molecule has 0 radical (unpaired) electrons. The summed E-state index contributed by atoms with van der Waals surface area (Å²) >= 11 is 0. The van der Waals surface area contributed by atoms with Gasteiger partial charge in [-0.3, -0.25) is 0 Å². The second-order valence-corrected chi connectivity index (χ2v) is 3.37. The maximum absolute atomic E-state index is 8.78. The summed E-state index contributed by atoms with van der Waals surface area (Å²) in [6.45, 7) is 2.94. The summed E-state index contributed by atoms with van der Waals surface area (Å²) in [5, 5.41) is 16.9. The van der Waals surface area contributed by atoms with Crippen molar-refractivity contribution in [3.8, 4) is 6.07 Å². The Morgan fingerprint density at radius 1 is 1.69 bits per heavy atom. The van der Waals surface area contributed by atoms with Gasteiger partial charge in [0, 0.05) is 13.0 Å². The molecule has 0 aliphatic heterocycles. The van der Waals surface area contributed by atoms with E-state index in [2.05, 4.69) is 23.3 Å². The van der Waals surface area contributed by atoms with E-state index < -0.39 is 0 Å². The van der Waals surface area contributed by atoms with E-state index in [0.29, 0.717) is 0 Å². The summed E-state index contributed by atoms with van der Waals surface area (Å²) in [4.78, 5) is 0. The first-order chi connectivity index (χ1) is 6.35. The van der Waals surface area contributed by atoms with Crippen LogP contribution in [0.25, 0.3) is 0 Å². The number of fused-ring (bicyclic) bond motifs is 1. The van der Waals surface area contributed by atoms with Crippen LogP contribution in [0.1, 0.15) is 24.7 Å². The van der Waals surface area contributed by atoms with E-state index in [1.807, 2.05) is 4.68 Å². The van der Waals surface area contributed by atoms with Gasteiger partial charge in [-0.15, -0.1) is 5.10 Å². The number of aryl methyl sites for hydroxylation is 1. The van der Waals surface area contributed by atoms with Crippen LogP contribution in [0.2, 0.25) is 0 Å². The SMILES string of the molecule is CCn1nnc2c1CCC(C#N)C2. The molecule has 0 aromatic carbocycles. The molecule has 0 fully saturated rings. The smallest absolute Gasteiger partial charge is 0.0872 e. The molecule has 68 valence electrons. The van der Waals surface area contributed by atoms with Crippen molar-refractivity contribution in [1.82, 2.24) is 15.0 Å². The molecule has 4 heteroatoms. The Morgan fingerprint density at radius 2 is 2.54 bits per heavy atom. The van der Waals surface area contributed by atoms with Crippen LogP contribution in [-0.4, -0.2) is 15.0 Å². The number of hydrogen-bond donors (Lipinski definition) is 0. The summed E-state index contributed by atoms with van der Waals surface area (Å²) < 4.78 is 1.93. The minimum atomic E-state index is 0.148. The Kier molecular flexibility index (Phi) is 2.01. The fourth-order valence-electron chi connectivity index (χ4n) is 1.81. The lowest BCUT2D eigenvalue weighted by atomic mass is 9.91. The van der Waals surface area contributed by atoms with Crippen molar-refractivity contribution in [3.05, 3.63) is 11.4 Å². The summed E-state index contributed by atoms with van der Waals surface area (Å²) in [7, 11) is 0. The zero-order valence-corrected chi connectivity index (χ0v) is 7.69. The summed E-state index contributed by atoms with van der Waals surface area (Å²) in [6.07, 6.45) is 2.69. The first-order valence-electron chi connectivity index (χ1n) is 4.66. The van der Waals surface area contributed by atoms with E-state index >= 15 is 0 Å². The third-order valence-electron chi connectivity index (χ3n) is 2.57. The van der Waals surface area contributed by atoms with Gasteiger partial charge in [-0.25, -0.2) is 4.68 Å². The molecule has 0 saturated carbocycles. The molecule has 0 saturated heterocycles. The van der Waals surface area contributed by atoms with Crippen molar-refractivity contribution >= 4 is 0 Å². The Labute approximate surface area is 77.2 Å². The highest BCUT2D eigenvalue weighted by Crippen LogP contribution is 2.22. The van der Waals surface area contributed by atoms with Gasteiger partial charge in [0.2, 0.25) is 0 Å². The zero-order chi connectivity index (χ0) is 9.26. The third-order valence-corrected chi connectivity index (χ3v) is 2.57. The van der Waals surface area contributed by atoms with E-state index in [1.54, 1.807) is 0 Å². The van der Waals surface area contributed by atoms with Crippen LogP contribution >= 0.6 is 0 Å². The quantitative estimate of drug-likeness (QED) is 0.639. The van der Waals surface area contributed by atoms with Gasteiger partial charge in [0.25, 0.3) is 0 Å². The van der Waals surface area contributed by atoms with Gasteiger partial charge in [0.05, 0.1) is 23.4 Å². The molecule has 1 atom stereocenters. The third kappa shape index (κ3) is 1.31. The average Bonchev–Trinajstić information content (AvgIpc) is 2.59. The van der Waals surface area contributed by atoms with Gasteiger partial charge < -0.3 is 0 Å². The Morgan fingerprint density at radius 3 is 3.23 bits per heavy atom. The first-order valence-corrected chi connectivity index (χ1v) is 4.66. The van der Waals surface area contributed by atoms with Gasteiger partial charge in [-0.1, -0.05) is 5.21 Å². The Balaban J connectivity index is 2.29. The van der Waals surface area contributed by atoms with Crippen LogP contribution in [0.15, 0.2) is 0 Å². The lowest BCUT2D eigenvalue weighted by Gasteiger charge is -2.15. The number of hydrogen-bond acceptors (Lipinski definition) is 3. The van der Waals surface area contributed by atoms with Crippen LogP contribution in [-0.2, 0) is 19.4 Å². The molecule has 1 aliphatic carbocycles. The summed E-state index contributed by atoms with van der Waals surface area (Å²) in [5.74, 6) is 0.148. The molecule has 0 bridgehead atoms. The lowest BCUT2D eigenvalue weighted by molar-refractivity contribution is 0.525. The number of rotatable bonds is 1.